The lowest BCUT2D eigenvalue weighted by Crippen LogP contribution is -2.52. The molecule has 1 saturated carbocycles. The van der Waals surface area contributed by atoms with Crippen LogP contribution in [0.3, 0.4) is 0 Å². The Morgan fingerprint density at radius 1 is 1.40 bits per heavy atom. The van der Waals surface area contributed by atoms with E-state index in [9.17, 15) is 14.7 Å². The van der Waals surface area contributed by atoms with Crippen LogP contribution in [-0.2, 0) is 9.59 Å². The molecule has 112 valence electrons. The van der Waals surface area contributed by atoms with Gasteiger partial charge in [-0.1, -0.05) is 0 Å². The SMILES string of the molecule is CC12CCC(=O)N1C(C(=O)NC1CCC(O)CC1)CS2. The monoisotopic (exact) mass is 298 g/mol. The van der Waals surface area contributed by atoms with Crippen LogP contribution in [0.5, 0.6) is 0 Å². The van der Waals surface area contributed by atoms with E-state index in [-0.39, 0.29) is 34.9 Å². The third kappa shape index (κ3) is 2.44. The van der Waals surface area contributed by atoms with Gasteiger partial charge in [0.1, 0.15) is 6.04 Å². The molecule has 2 saturated heterocycles. The maximum absolute atomic E-state index is 12.4. The zero-order valence-corrected chi connectivity index (χ0v) is 12.6. The molecule has 1 aliphatic carbocycles. The third-order valence-electron chi connectivity index (χ3n) is 4.79. The van der Waals surface area contributed by atoms with Crippen molar-refractivity contribution in [3.8, 4) is 0 Å². The topological polar surface area (TPSA) is 69.6 Å². The van der Waals surface area contributed by atoms with Gasteiger partial charge in [-0.15, -0.1) is 11.8 Å². The van der Waals surface area contributed by atoms with Crippen molar-refractivity contribution in [2.75, 3.05) is 5.75 Å². The van der Waals surface area contributed by atoms with E-state index in [1.54, 1.807) is 16.7 Å². The van der Waals surface area contributed by atoms with Crippen LogP contribution < -0.4 is 5.32 Å². The number of hydrogen-bond donors (Lipinski definition) is 2. The summed E-state index contributed by atoms with van der Waals surface area (Å²) in [6.07, 6.45) is 4.36. The first-order valence-electron chi connectivity index (χ1n) is 7.44. The zero-order valence-electron chi connectivity index (χ0n) is 11.8. The summed E-state index contributed by atoms with van der Waals surface area (Å²) >= 11 is 1.72. The van der Waals surface area contributed by atoms with Crippen molar-refractivity contribution in [3.05, 3.63) is 0 Å². The molecule has 6 heteroatoms. The molecule has 2 heterocycles. The minimum Gasteiger partial charge on any atom is -0.393 e. The molecular formula is C14H22N2O3S. The first-order chi connectivity index (χ1) is 9.49. The van der Waals surface area contributed by atoms with Crippen molar-refractivity contribution in [1.29, 1.82) is 0 Å². The van der Waals surface area contributed by atoms with Gasteiger partial charge in [-0.25, -0.2) is 0 Å². The van der Waals surface area contributed by atoms with Crippen molar-refractivity contribution in [2.24, 2.45) is 0 Å². The number of amides is 2. The van der Waals surface area contributed by atoms with Crippen LogP contribution in [0.1, 0.15) is 45.4 Å². The molecule has 20 heavy (non-hydrogen) atoms. The largest absolute Gasteiger partial charge is 0.393 e. The van der Waals surface area contributed by atoms with E-state index in [1.807, 2.05) is 0 Å². The number of aliphatic hydroxyl groups is 1. The summed E-state index contributed by atoms with van der Waals surface area (Å²) in [4.78, 5) is 26.1. The number of aliphatic hydroxyl groups excluding tert-OH is 1. The fraction of sp³-hybridized carbons (Fsp3) is 0.857. The van der Waals surface area contributed by atoms with E-state index in [4.69, 9.17) is 0 Å². The summed E-state index contributed by atoms with van der Waals surface area (Å²) < 4.78 is 0. The summed E-state index contributed by atoms with van der Waals surface area (Å²) in [7, 11) is 0. The molecule has 0 aromatic carbocycles. The van der Waals surface area contributed by atoms with Crippen molar-refractivity contribution in [3.63, 3.8) is 0 Å². The van der Waals surface area contributed by atoms with Crippen LogP contribution in [0.15, 0.2) is 0 Å². The molecule has 0 bridgehead atoms. The second kappa shape index (κ2) is 5.22. The van der Waals surface area contributed by atoms with E-state index >= 15 is 0 Å². The minimum absolute atomic E-state index is 0.0159. The molecule has 2 aliphatic heterocycles. The molecule has 5 nitrogen and oxygen atoms in total. The number of fused-ring (bicyclic) bond motifs is 1. The highest BCUT2D eigenvalue weighted by Crippen LogP contribution is 2.47. The lowest BCUT2D eigenvalue weighted by atomic mass is 9.93. The molecule has 3 rings (SSSR count). The number of carbonyl (C=O) groups excluding carboxylic acids is 2. The van der Waals surface area contributed by atoms with Gasteiger partial charge >= 0.3 is 0 Å². The Morgan fingerprint density at radius 2 is 2.10 bits per heavy atom. The quantitative estimate of drug-likeness (QED) is 0.793. The van der Waals surface area contributed by atoms with Gasteiger partial charge in [0.2, 0.25) is 11.8 Å². The van der Waals surface area contributed by atoms with Crippen molar-refractivity contribution in [2.45, 2.75) is 68.5 Å². The first kappa shape index (κ1) is 14.2. The molecule has 2 N–H and O–H groups in total. The zero-order chi connectivity index (χ0) is 14.3. The molecule has 2 amide bonds. The van der Waals surface area contributed by atoms with E-state index < -0.39 is 0 Å². The lowest BCUT2D eigenvalue weighted by Gasteiger charge is -2.32. The van der Waals surface area contributed by atoms with Crippen LogP contribution >= 0.6 is 11.8 Å². The second-order valence-corrected chi connectivity index (χ2v) is 7.78. The van der Waals surface area contributed by atoms with Crippen LogP contribution in [-0.4, -0.2) is 50.6 Å². The highest BCUT2D eigenvalue weighted by atomic mass is 32.2. The van der Waals surface area contributed by atoms with Crippen LogP contribution in [0.2, 0.25) is 0 Å². The fourth-order valence-corrected chi connectivity index (χ4v) is 4.96. The number of hydrogen-bond acceptors (Lipinski definition) is 4. The normalized spacial score (nSPS) is 40.8. The summed E-state index contributed by atoms with van der Waals surface area (Å²) in [5.74, 6) is 0.790. The summed E-state index contributed by atoms with van der Waals surface area (Å²) in [6, 6.07) is -0.160. The van der Waals surface area contributed by atoms with Gasteiger partial charge in [0.25, 0.3) is 0 Å². The van der Waals surface area contributed by atoms with Gasteiger partial charge in [0, 0.05) is 18.2 Å². The van der Waals surface area contributed by atoms with Gasteiger partial charge in [-0.3, -0.25) is 9.59 Å². The minimum atomic E-state index is -0.313. The number of nitrogens with zero attached hydrogens (tertiary/aromatic N) is 1. The summed E-state index contributed by atoms with van der Waals surface area (Å²) in [5, 5.41) is 12.6. The maximum atomic E-state index is 12.4. The molecule has 0 spiro atoms. The number of thioether (sulfide) groups is 1. The molecule has 2 atom stereocenters. The first-order valence-corrected chi connectivity index (χ1v) is 8.43. The maximum Gasteiger partial charge on any atom is 0.243 e. The van der Waals surface area contributed by atoms with Crippen LogP contribution in [0, 0.1) is 0 Å². The van der Waals surface area contributed by atoms with Gasteiger partial charge in [-0.05, 0) is 39.0 Å². The predicted octanol–water partition coefficient (Wildman–Crippen LogP) is 0.860. The van der Waals surface area contributed by atoms with Crippen LogP contribution in [0.4, 0.5) is 0 Å². The summed E-state index contributed by atoms with van der Waals surface area (Å²) in [6.45, 7) is 2.06. The molecule has 0 radical (unpaired) electrons. The number of rotatable bonds is 2. The highest BCUT2D eigenvalue weighted by molar-refractivity contribution is 8.01. The standard InChI is InChI=1S/C14H22N2O3S/c1-14-7-6-12(18)16(14)11(8-20-14)13(19)15-9-2-4-10(17)5-3-9/h9-11,17H,2-8H2,1H3,(H,15,19). The average Bonchev–Trinajstić information content (AvgIpc) is 2.90. The highest BCUT2D eigenvalue weighted by Gasteiger charge is 2.53. The Balaban J connectivity index is 1.62. The van der Waals surface area contributed by atoms with Gasteiger partial charge in [0.05, 0.1) is 11.0 Å². The fourth-order valence-electron chi connectivity index (χ4n) is 3.53. The van der Waals surface area contributed by atoms with E-state index in [0.717, 1.165) is 32.1 Å². The van der Waals surface area contributed by atoms with Crippen molar-refractivity contribution >= 4 is 23.6 Å². The molecule has 0 aromatic rings. The number of nitrogens with one attached hydrogen (secondary N) is 1. The lowest BCUT2D eigenvalue weighted by molar-refractivity contribution is -0.138. The van der Waals surface area contributed by atoms with E-state index in [0.29, 0.717) is 12.2 Å². The Hall–Kier alpha value is -0.750. The van der Waals surface area contributed by atoms with Crippen molar-refractivity contribution in [1.82, 2.24) is 10.2 Å². The Bertz CT molecular complexity index is 423. The molecule has 0 aromatic heterocycles. The Morgan fingerprint density at radius 3 is 2.80 bits per heavy atom. The third-order valence-corrected chi connectivity index (χ3v) is 6.30. The van der Waals surface area contributed by atoms with Crippen LogP contribution in [0.25, 0.3) is 0 Å². The van der Waals surface area contributed by atoms with Gasteiger partial charge < -0.3 is 15.3 Å². The molecule has 3 aliphatic rings. The van der Waals surface area contributed by atoms with Gasteiger partial charge in [0.15, 0.2) is 0 Å². The number of carbonyl (C=O) groups is 2. The molecule has 3 fully saturated rings. The van der Waals surface area contributed by atoms with Crippen molar-refractivity contribution < 1.29 is 14.7 Å². The molecular weight excluding hydrogens is 276 g/mol. The Labute approximate surface area is 123 Å². The average molecular weight is 298 g/mol. The van der Waals surface area contributed by atoms with Gasteiger partial charge in [-0.2, -0.15) is 0 Å². The molecule has 2 unspecified atom stereocenters. The van der Waals surface area contributed by atoms with E-state index in [1.165, 1.54) is 0 Å². The smallest absolute Gasteiger partial charge is 0.243 e. The van der Waals surface area contributed by atoms with E-state index in [2.05, 4.69) is 12.2 Å². The second-order valence-electron chi connectivity index (χ2n) is 6.28. The Kier molecular flexibility index (Phi) is 3.71. The predicted molar refractivity (Wildman–Crippen MR) is 77.1 cm³/mol. The summed E-state index contributed by atoms with van der Waals surface area (Å²) in [5.41, 5.74) is 0.